The van der Waals surface area contributed by atoms with Gasteiger partial charge in [0.05, 0.1) is 27.8 Å². The average molecular weight is 824 g/mol. The number of benzene rings is 5. The lowest BCUT2D eigenvalue weighted by atomic mass is 9.93. The molecule has 13 rings (SSSR count). The molecule has 13 aromatic rings. The molecule has 0 saturated heterocycles. The first kappa shape index (κ1) is 35.4. The smallest absolute Gasteiger partial charge is 0.137 e. The number of nitrogens with zero attached hydrogens (tertiary/aromatic N) is 7. The predicted octanol–water partition coefficient (Wildman–Crippen LogP) is 13.9. The van der Waals surface area contributed by atoms with Crippen LogP contribution in [0.25, 0.3) is 120 Å². The molecule has 8 aromatic heterocycles. The maximum absolute atomic E-state index is 4.75. The molecule has 0 aliphatic heterocycles. The fourth-order valence-corrected chi connectivity index (χ4v) is 10.7. The first-order valence-corrected chi connectivity index (χ1v) is 21.7. The second-order valence-electron chi connectivity index (χ2n) is 15.8. The van der Waals surface area contributed by atoms with Crippen molar-refractivity contribution in [2.75, 3.05) is 0 Å². The Bertz CT molecular complexity index is 3910. The van der Waals surface area contributed by atoms with E-state index in [-0.39, 0.29) is 0 Å². The summed E-state index contributed by atoms with van der Waals surface area (Å²) in [6.07, 6.45) is 13.2. The second kappa shape index (κ2) is 14.1. The topological polar surface area (TPSA) is 74.3 Å². The minimum absolute atomic E-state index is 0.875. The fourth-order valence-electron chi connectivity index (χ4n) is 9.45. The lowest BCUT2D eigenvalue weighted by molar-refractivity contribution is 1.08. The quantitative estimate of drug-likeness (QED) is 0.167. The summed E-state index contributed by atoms with van der Waals surface area (Å²) in [4.78, 5) is 23.4. The molecule has 0 unspecified atom stereocenters. The zero-order valence-corrected chi connectivity index (χ0v) is 34.4. The first-order chi connectivity index (χ1) is 31.2. The second-order valence-corrected chi connectivity index (χ2v) is 16.8. The van der Waals surface area contributed by atoms with E-state index in [1.165, 1.54) is 25.7 Å². The molecule has 0 aliphatic rings. The molecule has 8 heterocycles. The van der Waals surface area contributed by atoms with Gasteiger partial charge in [-0.15, -0.1) is 11.3 Å². The van der Waals surface area contributed by atoms with Crippen LogP contribution in [0.1, 0.15) is 0 Å². The van der Waals surface area contributed by atoms with Gasteiger partial charge < -0.3 is 0 Å². The lowest BCUT2D eigenvalue weighted by Crippen LogP contribution is -1.96. The molecule has 7 nitrogen and oxygen atoms in total. The summed E-state index contributed by atoms with van der Waals surface area (Å²) >= 11 is 1.85. The molecule has 63 heavy (non-hydrogen) atoms. The molecule has 0 fully saturated rings. The maximum atomic E-state index is 4.75. The summed E-state index contributed by atoms with van der Waals surface area (Å²) in [7, 11) is 0. The molecule has 0 saturated carbocycles. The summed E-state index contributed by atoms with van der Waals surface area (Å²) in [6.45, 7) is 0. The fraction of sp³-hybridized carbons (Fsp3) is 0. The third kappa shape index (κ3) is 5.62. The van der Waals surface area contributed by atoms with E-state index in [0.29, 0.717) is 0 Å². The third-order valence-electron chi connectivity index (χ3n) is 12.3. The van der Waals surface area contributed by atoms with Crippen molar-refractivity contribution < 1.29 is 0 Å². The molecule has 0 spiro atoms. The van der Waals surface area contributed by atoms with E-state index in [4.69, 9.17) is 15.0 Å². The van der Waals surface area contributed by atoms with Crippen LogP contribution >= 0.6 is 11.3 Å². The highest BCUT2D eigenvalue weighted by Crippen LogP contribution is 2.46. The highest BCUT2D eigenvalue weighted by atomic mass is 32.1. The van der Waals surface area contributed by atoms with E-state index in [2.05, 4.69) is 140 Å². The molecule has 5 aromatic carbocycles. The molecule has 0 radical (unpaired) electrons. The van der Waals surface area contributed by atoms with Crippen LogP contribution in [-0.2, 0) is 0 Å². The summed E-state index contributed by atoms with van der Waals surface area (Å²) in [5.74, 6) is 1.75. The van der Waals surface area contributed by atoms with Gasteiger partial charge in [0.15, 0.2) is 0 Å². The third-order valence-corrected chi connectivity index (χ3v) is 13.5. The molecule has 8 heteroatoms. The van der Waals surface area contributed by atoms with E-state index >= 15 is 0 Å². The van der Waals surface area contributed by atoms with Crippen molar-refractivity contribution in [1.82, 2.24) is 34.1 Å². The van der Waals surface area contributed by atoms with Gasteiger partial charge in [0.1, 0.15) is 11.6 Å². The van der Waals surface area contributed by atoms with Gasteiger partial charge in [0.25, 0.3) is 0 Å². The van der Waals surface area contributed by atoms with Crippen LogP contribution in [-0.4, -0.2) is 34.1 Å². The van der Waals surface area contributed by atoms with Crippen LogP contribution in [0.3, 0.4) is 0 Å². The van der Waals surface area contributed by atoms with Crippen molar-refractivity contribution in [2.24, 2.45) is 0 Å². The van der Waals surface area contributed by atoms with Crippen LogP contribution in [0, 0.1) is 0 Å². The van der Waals surface area contributed by atoms with Crippen LogP contribution in [0.2, 0.25) is 0 Å². The van der Waals surface area contributed by atoms with Gasteiger partial charge in [-0.25, -0.2) is 9.97 Å². The normalized spacial score (nSPS) is 11.8. The molecule has 0 amide bonds. The molecular formula is C55H33N7S. The molecule has 0 N–H and O–H groups in total. The van der Waals surface area contributed by atoms with Crippen molar-refractivity contribution in [2.45, 2.75) is 0 Å². The maximum Gasteiger partial charge on any atom is 0.137 e. The van der Waals surface area contributed by atoms with Gasteiger partial charge in [0, 0.05) is 96.2 Å². The molecular weight excluding hydrogens is 791 g/mol. The molecule has 294 valence electrons. The number of aromatic nitrogens is 7. The van der Waals surface area contributed by atoms with Gasteiger partial charge in [-0.05, 0) is 125 Å². The Morgan fingerprint density at radius 3 is 1.54 bits per heavy atom. The Balaban J connectivity index is 1.06. The van der Waals surface area contributed by atoms with Crippen molar-refractivity contribution >= 4 is 75.1 Å². The summed E-state index contributed by atoms with van der Waals surface area (Å²) < 4.78 is 6.94. The van der Waals surface area contributed by atoms with Crippen molar-refractivity contribution in [3.8, 4) is 56.3 Å². The SMILES string of the molecule is c1ccc(-c2ccccc2-c2ccc3sc4c(-c5ccc6c(c5)c5cnccc5n6-c5ccccn5)cc(-c5ccc6c(c5)c5cnccc5n6-c5ccccn5)cc4c3c2)nc1. The summed E-state index contributed by atoms with van der Waals surface area (Å²) in [5.41, 5.74) is 13.3. The van der Waals surface area contributed by atoms with Crippen molar-refractivity contribution in [3.05, 3.63) is 201 Å². The Hall–Kier alpha value is -8.33. The monoisotopic (exact) mass is 823 g/mol. The molecule has 0 bridgehead atoms. The van der Waals surface area contributed by atoms with Crippen molar-refractivity contribution in [3.63, 3.8) is 0 Å². The zero-order chi connectivity index (χ0) is 41.4. The number of hydrogen-bond acceptors (Lipinski definition) is 6. The standard InChI is InChI=1S/C55H33N7S/c1-2-10-39(47-11-3-6-22-58-47)38(9-1)35-16-19-52-43(29-35)44-31-37(34-14-17-48-41(27-34)45-32-56-25-20-50(45)61(48)53-12-4-7-23-59-53)30-40(55(44)63-52)36-15-18-49-42(28-36)46-33-57-26-21-51(46)62(49)54-13-5-8-24-60-54/h1-33H. The Morgan fingerprint density at radius 2 is 0.889 bits per heavy atom. The Morgan fingerprint density at radius 1 is 0.349 bits per heavy atom. The van der Waals surface area contributed by atoms with Gasteiger partial charge in [-0.3, -0.25) is 24.1 Å². The summed E-state index contributed by atoms with van der Waals surface area (Å²) in [5, 5.41) is 6.87. The Kier molecular flexibility index (Phi) is 7.94. The molecule has 0 atom stereocenters. The van der Waals surface area contributed by atoms with Crippen LogP contribution < -0.4 is 0 Å². The van der Waals surface area contributed by atoms with Gasteiger partial charge in [0.2, 0.25) is 0 Å². The van der Waals surface area contributed by atoms with E-state index in [9.17, 15) is 0 Å². The predicted molar refractivity (Wildman–Crippen MR) is 259 cm³/mol. The van der Waals surface area contributed by atoms with Crippen molar-refractivity contribution in [1.29, 1.82) is 0 Å². The van der Waals surface area contributed by atoms with Gasteiger partial charge >= 0.3 is 0 Å². The highest BCUT2D eigenvalue weighted by Gasteiger charge is 2.20. The van der Waals surface area contributed by atoms with Crippen LogP contribution in [0.5, 0.6) is 0 Å². The number of fused-ring (bicyclic) bond motifs is 9. The van der Waals surface area contributed by atoms with E-state index in [1.54, 1.807) is 0 Å². The first-order valence-electron chi connectivity index (χ1n) is 20.9. The van der Waals surface area contributed by atoms with Gasteiger partial charge in [-0.1, -0.05) is 60.7 Å². The minimum atomic E-state index is 0.875. The number of hydrogen-bond donors (Lipinski definition) is 0. The average Bonchev–Trinajstić information content (AvgIpc) is 4.01. The van der Waals surface area contributed by atoms with Crippen LogP contribution in [0.15, 0.2) is 201 Å². The largest absolute Gasteiger partial charge is 0.294 e. The lowest BCUT2D eigenvalue weighted by Gasteiger charge is -2.12. The van der Waals surface area contributed by atoms with E-state index in [1.807, 2.05) is 91.1 Å². The Labute approximate surface area is 364 Å². The summed E-state index contributed by atoms with van der Waals surface area (Å²) in [6, 6.07) is 56.2. The minimum Gasteiger partial charge on any atom is -0.294 e. The van der Waals surface area contributed by atoms with Crippen LogP contribution in [0.4, 0.5) is 0 Å². The highest BCUT2D eigenvalue weighted by molar-refractivity contribution is 7.26. The number of rotatable bonds is 6. The number of thiophene rings is 1. The molecule has 0 aliphatic carbocycles. The number of pyridine rings is 5. The van der Waals surface area contributed by atoms with E-state index in [0.717, 1.165) is 94.3 Å². The van der Waals surface area contributed by atoms with Gasteiger partial charge in [-0.2, -0.15) is 0 Å². The van der Waals surface area contributed by atoms with E-state index < -0.39 is 0 Å². The zero-order valence-electron chi connectivity index (χ0n) is 33.6.